The van der Waals surface area contributed by atoms with Crippen LogP contribution in [0.5, 0.6) is 5.75 Å². The summed E-state index contributed by atoms with van der Waals surface area (Å²) in [5.41, 5.74) is 0.992. The van der Waals surface area contributed by atoms with Gasteiger partial charge in [-0.2, -0.15) is 0 Å². The zero-order valence-corrected chi connectivity index (χ0v) is 20.3. The maximum Gasteiger partial charge on any atom is 0.295 e. The Labute approximate surface area is 200 Å². The van der Waals surface area contributed by atoms with Crippen molar-refractivity contribution in [3.05, 3.63) is 71.0 Å². The number of carbonyl (C=O) groups excluding carboxylic acids is 2. The summed E-state index contributed by atoms with van der Waals surface area (Å²) < 4.78 is 19.1. The second-order valence-electron chi connectivity index (χ2n) is 8.62. The lowest BCUT2D eigenvalue weighted by Gasteiger charge is -2.27. The Bertz CT molecular complexity index is 1030. The highest BCUT2D eigenvalue weighted by molar-refractivity contribution is 6.46. The van der Waals surface area contributed by atoms with Gasteiger partial charge in [-0.05, 0) is 81.9 Å². The van der Waals surface area contributed by atoms with Gasteiger partial charge in [-0.1, -0.05) is 26.0 Å². The third kappa shape index (κ3) is 5.65. The van der Waals surface area contributed by atoms with E-state index in [9.17, 15) is 19.1 Å². The van der Waals surface area contributed by atoms with Gasteiger partial charge in [0.05, 0.1) is 17.7 Å². The number of likely N-dealkylation sites (tertiary alicyclic amines) is 1. The van der Waals surface area contributed by atoms with Crippen LogP contribution in [-0.2, 0) is 9.59 Å². The minimum absolute atomic E-state index is 0.00930. The van der Waals surface area contributed by atoms with Crippen LogP contribution < -0.4 is 4.74 Å². The molecule has 0 unspecified atom stereocenters. The van der Waals surface area contributed by atoms with E-state index < -0.39 is 23.5 Å². The molecule has 0 radical (unpaired) electrons. The average molecular weight is 469 g/mol. The number of aliphatic hydroxyl groups is 1. The lowest BCUT2D eigenvalue weighted by atomic mass is 9.95. The molecule has 1 aliphatic heterocycles. The Morgan fingerprint density at radius 2 is 1.68 bits per heavy atom. The van der Waals surface area contributed by atoms with Gasteiger partial charge in [0.15, 0.2) is 0 Å². The third-order valence-corrected chi connectivity index (χ3v) is 5.99. The van der Waals surface area contributed by atoms with E-state index in [1.807, 2.05) is 26.0 Å². The van der Waals surface area contributed by atoms with Crippen molar-refractivity contribution >= 4 is 17.4 Å². The van der Waals surface area contributed by atoms with Crippen LogP contribution in [0.3, 0.4) is 0 Å². The standard InChI is InChI=1S/C27H33FN2O4/c1-5-29(6-2)16-7-17-30-24(19-10-14-22(15-11-19)34-18(3)4)23(26(32)27(30)33)25(31)20-8-12-21(28)13-9-20/h8-15,18,24,31H,5-7,16-17H2,1-4H3/t24-/m1/s1. The molecule has 1 aliphatic rings. The fourth-order valence-electron chi connectivity index (χ4n) is 4.23. The predicted octanol–water partition coefficient (Wildman–Crippen LogP) is 4.77. The molecule has 0 saturated carbocycles. The highest BCUT2D eigenvalue weighted by atomic mass is 19.1. The monoisotopic (exact) mass is 468 g/mol. The van der Waals surface area contributed by atoms with Gasteiger partial charge in [0.25, 0.3) is 11.7 Å². The average Bonchev–Trinajstić information content (AvgIpc) is 3.07. The molecule has 182 valence electrons. The van der Waals surface area contributed by atoms with E-state index >= 15 is 0 Å². The molecule has 2 aromatic carbocycles. The van der Waals surface area contributed by atoms with Crippen molar-refractivity contribution in [3.63, 3.8) is 0 Å². The van der Waals surface area contributed by atoms with Crippen LogP contribution in [0.25, 0.3) is 5.76 Å². The number of ether oxygens (including phenoxy) is 1. The number of halogens is 1. The van der Waals surface area contributed by atoms with Crippen molar-refractivity contribution in [1.82, 2.24) is 9.80 Å². The zero-order chi connectivity index (χ0) is 24.8. The first kappa shape index (κ1) is 25.4. The van der Waals surface area contributed by atoms with Crippen LogP contribution >= 0.6 is 0 Å². The topological polar surface area (TPSA) is 70.1 Å². The Kier molecular flexibility index (Phi) is 8.45. The minimum atomic E-state index is -0.741. The van der Waals surface area contributed by atoms with E-state index in [2.05, 4.69) is 18.7 Å². The zero-order valence-electron chi connectivity index (χ0n) is 20.3. The summed E-state index contributed by atoms with van der Waals surface area (Å²) in [6.45, 7) is 11.0. The van der Waals surface area contributed by atoms with E-state index in [1.165, 1.54) is 29.2 Å². The first-order chi connectivity index (χ1) is 16.3. The van der Waals surface area contributed by atoms with Gasteiger partial charge >= 0.3 is 0 Å². The summed E-state index contributed by atoms with van der Waals surface area (Å²) in [5, 5.41) is 11.0. The molecule has 2 aromatic rings. The van der Waals surface area contributed by atoms with Gasteiger partial charge in [-0.15, -0.1) is 0 Å². The SMILES string of the molecule is CCN(CC)CCCN1C(=O)C(=O)C(=C(O)c2ccc(F)cc2)[C@H]1c1ccc(OC(C)C)cc1. The van der Waals surface area contributed by atoms with Gasteiger partial charge in [0.2, 0.25) is 0 Å². The molecule has 1 saturated heterocycles. The molecule has 1 heterocycles. The summed E-state index contributed by atoms with van der Waals surface area (Å²) in [5.74, 6) is -1.47. The summed E-state index contributed by atoms with van der Waals surface area (Å²) in [4.78, 5) is 29.9. The molecule has 1 amide bonds. The van der Waals surface area contributed by atoms with Crippen molar-refractivity contribution in [2.45, 2.75) is 46.3 Å². The van der Waals surface area contributed by atoms with Crippen LogP contribution in [0.2, 0.25) is 0 Å². The van der Waals surface area contributed by atoms with E-state index in [-0.39, 0.29) is 23.0 Å². The normalized spacial score (nSPS) is 17.7. The van der Waals surface area contributed by atoms with Gasteiger partial charge < -0.3 is 19.6 Å². The largest absolute Gasteiger partial charge is 0.507 e. The summed E-state index contributed by atoms with van der Waals surface area (Å²) in [7, 11) is 0. The molecule has 7 heteroatoms. The smallest absolute Gasteiger partial charge is 0.295 e. The maximum atomic E-state index is 13.4. The van der Waals surface area contributed by atoms with Crippen molar-refractivity contribution in [1.29, 1.82) is 0 Å². The number of rotatable bonds is 10. The van der Waals surface area contributed by atoms with Gasteiger partial charge in [0.1, 0.15) is 17.3 Å². The lowest BCUT2D eigenvalue weighted by molar-refractivity contribution is -0.140. The van der Waals surface area contributed by atoms with Crippen LogP contribution in [-0.4, -0.2) is 58.9 Å². The molecule has 0 bridgehead atoms. The van der Waals surface area contributed by atoms with Crippen molar-refractivity contribution in [3.8, 4) is 5.75 Å². The highest BCUT2D eigenvalue weighted by Gasteiger charge is 2.45. The molecule has 0 spiro atoms. The first-order valence-electron chi connectivity index (χ1n) is 11.8. The van der Waals surface area contributed by atoms with Gasteiger partial charge in [-0.3, -0.25) is 9.59 Å². The van der Waals surface area contributed by atoms with Crippen LogP contribution in [0, 0.1) is 5.82 Å². The number of hydrogen-bond acceptors (Lipinski definition) is 5. The number of benzene rings is 2. The van der Waals surface area contributed by atoms with Crippen molar-refractivity contribution in [2.75, 3.05) is 26.2 Å². The Hall–Kier alpha value is -3.19. The van der Waals surface area contributed by atoms with E-state index in [1.54, 1.807) is 12.1 Å². The van der Waals surface area contributed by atoms with E-state index in [0.717, 1.165) is 19.6 Å². The minimum Gasteiger partial charge on any atom is -0.507 e. The second kappa shape index (κ2) is 11.3. The Balaban J connectivity index is 2.01. The van der Waals surface area contributed by atoms with Crippen molar-refractivity contribution < 1.29 is 23.8 Å². The molecule has 1 N–H and O–H groups in total. The maximum absolute atomic E-state index is 13.4. The fourth-order valence-corrected chi connectivity index (χ4v) is 4.23. The van der Waals surface area contributed by atoms with Gasteiger partial charge in [0, 0.05) is 12.1 Å². The van der Waals surface area contributed by atoms with Crippen molar-refractivity contribution in [2.24, 2.45) is 0 Å². The molecule has 34 heavy (non-hydrogen) atoms. The quantitative estimate of drug-likeness (QED) is 0.309. The highest BCUT2D eigenvalue weighted by Crippen LogP contribution is 2.40. The Morgan fingerprint density at radius 3 is 2.24 bits per heavy atom. The number of aliphatic hydroxyl groups excluding tert-OH is 1. The number of carbonyl (C=O) groups is 2. The summed E-state index contributed by atoms with van der Waals surface area (Å²) in [6.07, 6.45) is 0.700. The predicted molar refractivity (Wildman–Crippen MR) is 130 cm³/mol. The molecule has 6 nitrogen and oxygen atoms in total. The lowest BCUT2D eigenvalue weighted by Crippen LogP contribution is -2.33. The third-order valence-electron chi connectivity index (χ3n) is 5.99. The fraction of sp³-hybridized carbons (Fsp3) is 0.407. The molecule has 0 aromatic heterocycles. The number of nitrogens with zero attached hydrogens (tertiary/aromatic N) is 2. The number of Topliss-reactive ketones (excluding diaryl/α,β-unsaturated/α-hetero) is 1. The number of amides is 1. The molecule has 0 aliphatic carbocycles. The first-order valence-corrected chi connectivity index (χ1v) is 11.8. The molecule has 1 fully saturated rings. The molecular weight excluding hydrogens is 435 g/mol. The summed E-state index contributed by atoms with van der Waals surface area (Å²) >= 11 is 0. The van der Waals surface area contributed by atoms with E-state index in [0.29, 0.717) is 24.3 Å². The molecule has 1 atom stereocenters. The molecule has 3 rings (SSSR count). The van der Waals surface area contributed by atoms with Crippen LogP contribution in [0.15, 0.2) is 54.1 Å². The number of hydrogen-bond donors (Lipinski definition) is 1. The van der Waals surface area contributed by atoms with Crippen LogP contribution in [0.4, 0.5) is 4.39 Å². The number of ketones is 1. The Morgan fingerprint density at radius 1 is 1.06 bits per heavy atom. The van der Waals surface area contributed by atoms with E-state index in [4.69, 9.17) is 4.74 Å². The second-order valence-corrected chi connectivity index (χ2v) is 8.62. The summed E-state index contributed by atoms with van der Waals surface area (Å²) in [6, 6.07) is 11.7. The molecular formula is C27H33FN2O4. The van der Waals surface area contributed by atoms with Gasteiger partial charge in [-0.25, -0.2) is 4.39 Å². The van der Waals surface area contributed by atoms with Crippen LogP contribution in [0.1, 0.15) is 51.3 Å².